The molecule has 2 aromatic carbocycles. The van der Waals surface area contributed by atoms with Crippen LogP contribution in [-0.2, 0) is 10.9 Å². The number of nitrogens with zero attached hydrogens (tertiary/aromatic N) is 4. The number of hydrogen-bond acceptors (Lipinski definition) is 6. The molecule has 1 aromatic heterocycles. The zero-order valence-corrected chi connectivity index (χ0v) is 22.1. The second-order valence-electron chi connectivity index (χ2n) is 8.64. The van der Waals surface area contributed by atoms with Gasteiger partial charge in [0.05, 0.1) is 36.2 Å². The van der Waals surface area contributed by atoms with Crippen LogP contribution in [0, 0.1) is 5.82 Å². The lowest BCUT2D eigenvalue weighted by molar-refractivity contribution is -0.137. The molecule has 1 saturated heterocycles. The summed E-state index contributed by atoms with van der Waals surface area (Å²) >= 11 is 5.76. The first-order valence-electron chi connectivity index (χ1n) is 11.8. The van der Waals surface area contributed by atoms with Crippen LogP contribution in [0.5, 0.6) is 11.5 Å². The molecule has 1 fully saturated rings. The number of urea groups is 1. The first kappa shape index (κ1) is 29.1. The van der Waals surface area contributed by atoms with Crippen LogP contribution in [0.1, 0.15) is 16.1 Å². The third-order valence-electron chi connectivity index (χ3n) is 5.96. The van der Waals surface area contributed by atoms with E-state index in [2.05, 4.69) is 10.3 Å². The van der Waals surface area contributed by atoms with Gasteiger partial charge in [0, 0.05) is 44.7 Å². The van der Waals surface area contributed by atoms with E-state index in [1.54, 1.807) is 4.90 Å². The maximum absolute atomic E-state index is 15.4. The van der Waals surface area contributed by atoms with Crippen molar-refractivity contribution in [1.29, 1.82) is 0 Å². The molecule has 1 aliphatic rings. The minimum atomic E-state index is -4.74. The molecular formula is C26H24ClF4N5O4. The van der Waals surface area contributed by atoms with Gasteiger partial charge in [-0.15, -0.1) is 0 Å². The van der Waals surface area contributed by atoms with Crippen LogP contribution in [0.3, 0.4) is 0 Å². The van der Waals surface area contributed by atoms with Crippen molar-refractivity contribution in [1.82, 2.24) is 15.2 Å². The van der Waals surface area contributed by atoms with Gasteiger partial charge >= 0.3 is 12.2 Å². The molecule has 1 aliphatic heterocycles. The molecule has 1 N–H and O–H groups in total. The fourth-order valence-corrected chi connectivity index (χ4v) is 4.20. The number of anilines is 2. The molecule has 40 heavy (non-hydrogen) atoms. The van der Waals surface area contributed by atoms with E-state index in [1.807, 2.05) is 0 Å². The van der Waals surface area contributed by atoms with Gasteiger partial charge in [0.15, 0.2) is 5.82 Å². The third-order valence-corrected chi connectivity index (χ3v) is 6.29. The van der Waals surface area contributed by atoms with Crippen LogP contribution < -0.4 is 19.9 Å². The van der Waals surface area contributed by atoms with Crippen molar-refractivity contribution in [2.75, 3.05) is 50.4 Å². The first-order valence-corrected chi connectivity index (χ1v) is 12.2. The molecule has 0 atom stereocenters. The van der Waals surface area contributed by atoms with E-state index in [9.17, 15) is 22.8 Å². The number of halogens is 5. The summed E-state index contributed by atoms with van der Waals surface area (Å²) in [5.41, 5.74) is -1.17. The van der Waals surface area contributed by atoms with Crippen LogP contribution in [-0.4, -0.2) is 62.5 Å². The number of hydrogen-bond donors (Lipinski definition) is 1. The average molecular weight is 582 g/mol. The predicted molar refractivity (Wildman–Crippen MR) is 139 cm³/mol. The number of amides is 3. The number of rotatable bonds is 8. The lowest BCUT2D eigenvalue weighted by atomic mass is 10.1. The van der Waals surface area contributed by atoms with Gasteiger partial charge in [-0.05, 0) is 36.4 Å². The first-order chi connectivity index (χ1) is 19.0. The van der Waals surface area contributed by atoms with Gasteiger partial charge in [-0.2, -0.15) is 13.2 Å². The monoisotopic (exact) mass is 581 g/mol. The molecule has 0 unspecified atom stereocenters. The summed E-state index contributed by atoms with van der Waals surface area (Å²) < 4.78 is 66.6. The molecule has 0 aliphatic carbocycles. The molecule has 212 valence electrons. The normalized spacial score (nSPS) is 14.4. The van der Waals surface area contributed by atoms with E-state index in [0.717, 1.165) is 28.0 Å². The standard InChI is InChI=1S/C26H24ClF4N5O4/c1-32-24(37)22-13-18(7-8-33-22)40-17-4-6-23(21(28)12-17)36-15-34(9-10-39-2)14-35(25(36)38)16-3-5-20(27)19(11-16)26(29,30)31/h3-8,11-13H,9-10,14-15H2,1-2H3,(H,32,37). The molecule has 9 nitrogen and oxygen atoms in total. The number of alkyl halides is 3. The van der Waals surface area contributed by atoms with Gasteiger partial charge in [0.2, 0.25) is 0 Å². The number of ether oxygens (including phenoxy) is 2. The third kappa shape index (κ3) is 6.43. The Kier molecular flexibility index (Phi) is 8.76. The van der Waals surface area contributed by atoms with E-state index in [0.29, 0.717) is 6.54 Å². The van der Waals surface area contributed by atoms with E-state index in [4.69, 9.17) is 21.1 Å². The highest BCUT2D eigenvalue weighted by Gasteiger charge is 2.37. The molecule has 0 bridgehead atoms. The lowest BCUT2D eigenvalue weighted by Crippen LogP contribution is -2.59. The van der Waals surface area contributed by atoms with Crippen molar-refractivity contribution in [3.8, 4) is 11.5 Å². The summed E-state index contributed by atoms with van der Waals surface area (Å²) in [6.45, 7) is 0.476. The summed E-state index contributed by atoms with van der Waals surface area (Å²) in [4.78, 5) is 33.2. The van der Waals surface area contributed by atoms with Crippen molar-refractivity contribution < 1.29 is 36.6 Å². The quantitative estimate of drug-likeness (QED) is 0.361. The van der Waals surface area contributed by atoms with Crippen molar-refractivity contribution >= 4 is 34.9 Å². The van der Waals surface area contributed by atoms with Crippen molar-refractivity contribution in [2.45, 2.75) is 6.18 Å². The summed E-state index contributed by atoms with van der Waals surface area (Å²) in [5, 5.41) is 1.93. The van der Waals surface area contributed by atoms with Crippen molar-refractivity contribution in [3.63, 3.8) is 0 Å². The highest BCUT2D eigenvalue weighted by molar-refractivity contribution is 6.31. The molecule has 3 amide bonds. The number of aromatic nitrogens is 1. The SMILES string of the molecule is CNC(=O)c1cc(Oc2ccc(N3CN(CCOC)CN(c4ccc(Cl)c(C(F)(F)F)c4)C3=O)c(F)c2)ccn1. The van der Waals surface area contributed by atoms with Crippen LogP contribution in [0.15, 0.2) is 54.7 Å². The predicted octanol–water partition coefficient (Wildman–Crippen LogP) is 5.35. The Morgan fingerprint density at radius 2 is 1.80 bits per heavy atom. The molecule has 3 aromatic rings. The van der Waals surface area contributed by atoms with Crippen LogP contribution in [0.2, 0.25) is 5.02 Å². The smallest absolute Gasteiger partial charge is 0.417 e. The average Bonchev–Trinajstić information content (AvgIpc) is 2.92. The number of methoxy groups -OCH3 is 1. The van der Waals surface area contributed by atoms with E-state index < -0.39 is 34.5 Å². The Morgan fingerprint density at radius 3 is 2.48 bits per heavy atom. The van der Waals surface area contributed by atoms with Gasteiger partial charge in [0.25, 0.3) is 5.91 Å². The molecule has 4 rings (SSSR count). The fourth-order valence-electron chi connectivity index (χ4n) is 3.98. The van der Waals surface area contributed by atoms with E-state index in [-0.39, 0.29) is 48.5 Å². The van der Waals surface area contributed by atoms with Crippen molar-refractivity contribution in [3.05, 3.63) is 76.8 Å². The maximum atomic E-state index is 15.4. The molecule has 0 saturated carbocycles. The van der Waals surface area contributed by atoms with Gasteiger partial charge in [-0.25, -0.2) is 9.18 Å². The zero-order valence-electron chi connectivity index (χ0n) is 21.3. The Bertz CT molecular complexity index is 1410. The minimum Gasteiger partial charge on any atom is -0.457 e. The minimum absolute atomic E-state index is 0.0463. The van der Waals surface area contributed by atoms with Gasteiger partial charge < -0.3 is 14.8 Å². The maximum Gasteiger partial charge on any atom is 0.417 e. The molecule has 14 heteroatoms. The highest BCUT2D eigenvalue weighted by Crippen LogP contribution is 2.38. The number of carbonyl (C=O) groups is 2. The topological polar surface area (TPSA) is 87.2 Å². The number of benzene rings is 2. The molecule has 2 heterocycles. The molecule has 0 spiro atoms. The lowest BCUT2D eigenvalue weighted by Gasteiger charge is -2.42. The molecular weight excluding hydrogens is 558 g/mol. The second kappa shape index (κ2) is 12.1. The van der Waals surface area contributed by atoms with Crippen LogP contribution in [0.4, 0.5) is 33.7 Å². The van der Waals surface area contributed by atoms with E-state index >= 15 is 4.39 Å². The number of nitrogens with one attached hydrogen (secondary N) is 1. The second-order valence-corrected chi connectivity index (χ2v) is 9.05. The Labute approximate surface area is 231 Å². The van der Waals surface area contributed by atoms with E-state index in [1.165, 1.54) is 50.7 Å². The largest absolute Gasteiger partial charge is 0.457 e. The van der Waals surface area contributed by atoms with Crippen LogP contribution >= 0.6 is 11.6 Å². The molecule has 0 radical (unpaired) electrons. The summed E-state index contributed by atoms with van der Waals surface area (Å²) in [7, 11) is 2.94. The summed E-state index contributed by atoms with van der Waals surface area (Å²) in [6, 6.07) is 9.08. The summed E-state index contributed by atoms with van der Waals surface area (Å²) in [6.07, 6.45) is -3.37. The number of carbonyl (C=O) groups excluding carboxylic acids is 2. The van der Waals surface area contributed by atoms with Gasteiger partial charge in [-0.1, -0.05) is 11.6 Å². The van der Waals surface area contributed by atoms with Gasteiger partial charge in [-0.3, -0.25) is 24.5 Å². The van der Waals surface area contributed by atoms with Gasteiger partial charge in [0.1, 0.15) is 17.2 Å². The Balaban J connectivity index is 1.63. The summed E-state index contributed by atoms with van der Waals surface area (Å²) in [5.74, 6) is -0.927. The Hall–Kier alpha value is -3.94. The van der Waals surface area contributed by atoms with Crippen LogP contribution in [0.25, 0.3) is 0 Å². The number of pyridine rings is 1. The van der Waals surface area contributed by atoms with Crippen molar-refractivity contribution in [2.24, 2.45) is 0 Å². The zero-order chi connectivity index (χ0) is 29.0. The highest BCUT2D eigenvalue weighted by atomic mass is 35.5. The fraction of sp³-hybridized carbons (Fsp3) is 0.269. The Morgan fingerprint density at radius 1 is 1.07 bits per heavy atom.